The summed E-state index contributed by atoms with van der Waals surface area (Å²) >= 11 is 0. The molecule has 1 atom stereocenters. The van der Waals surface area contributed by atoms with Crippen molar-refractivity contribution < 1.29 is 19.8 Å². The van der Waals surface area contributed by atoms with Crippen molar-refractivity contribution in [1.29, 1.82) is 0 Å². The van der Waals surface area contributed by atoms with Gasteiger partial charge < -0.3 is 10.1 Å². The Morgan fingerprint density at radius 1 is 1.62 bits per heavy atom. The smallest absolute Gasteiger partial charge is 0.291 e. The Hall–Kier alpha value is 0.312. The fourth-order valence-electron chi connectivity index (χ4n) is 0. The largest absolute Gasteiger partial charge is 0.348 e. The first-order valence-electron chi connectivity index (χ1n) is 1.06. The Balaban J connectivity index is -0.0000000575. The topological polar surface area (TPSA) is 101 Å². The summed E-state index contributed by atoms with van der Waals surface area (Å²) in [5.74, 6) is 0. The Labute approximate surface area is 66.1 Å². The van der Waals surface area contributed by atoms with Crippen molar-refractivity contribution in [1.82, 2.24) is 0 Å². The molecular weight excluding hydrogens is 332 g/mol. The van der Waals surface area contributed by atoms with Gasteiger partial charge in [-0.25, -0.2) is 0 Å². The van der Waals surface area contributed by atoms with E-state index in [1.807, 2.05) is 0 Å². The molecule has 0 aliphatic heterocycles. The molecule has 0 aromatic carbocycles. The first-order valence-corrected chi connectivity index (χ1v) is 2.05. The minimum absolute atomic E-state index is 0. The summed E-state index contributed by atoms with van der Waals surface area (Å²) in [5, 5.41) is 13.6. The molecular formula is H4NO5PPb. The zero-order chi connectivity index (χ0) is 6.28. The zero-order valence-electron chi connectivity index (χ0n) is 3.64. The van der Waals surface area contributed by atoms with Crippen molar-refractivity contribution in [3.63, 3.8) is 0 Å². The van der Waals surface area contributed by atoms with Crippen LogP contribution in [0.25, 0.3) is 0 Å². The van der Waals surface area contributed by atoms with Crippen molar-refractivity contribution in [2.45, 2.75) is 0 Å². The van der Waals surface area contributed by atoms with Crippen molar-refractivity contribution >= 4 is 36.0 Å². The van der Waals surface area contributed by atoms with Gasteiger partial charge in [-0.2, -0.15) is 0 Å². The average Bonchev–Trinajstić information content (AvgIpc) is 1.33. The first kappa shape index (κ1) is 15.7. The maximum absolute atomic E-state index is 8.57. The molecule has 0 saturated carbocycles. The molecule has 1 unspecified atom stereocenters. The van der Waals surface area contributed by atoms with E-state index in [-0.39, 0.29) is 27.3 Å². The molecule has 0 rings (SSSR count). The van der Waals surface area contributed by atoms with Gasteiger partial charge in [-0.1, -0.05) is 0 Å². The molecule has 8 heavy (non-hydrogen) atoms. The molecule has 48 valence electrons. The van der Waals surface area contributed by atoms with Crippen LogP contribution in [0.5, 0.6) is 0 Å². The minimum Gasteiger partial charge on any atom is -0.348 e. The van der Waals surface area contributed by atoms with E-state index in [0.29, 0.717) is 0 Å². The molecule has 6 nitrogen and oxygen atoms in total. The second-order valence-electron chi connectivity index (χ2n) is 0.343. The van der Waals surface area contributed by atoms with Crippen LogP contribution in [0.2, 0.25) is 0 Å². The normalized spacial score (nSPS) is 6.62. The Bertz CT molecular complexity index is 59.4. The molecule has 0 aromatic rings. The van der Waals surface area contributed by atoms with Gasteiger partial charge in [-0.05, 0) is 0 Å². The quantitative estimate of drug-likeness (QED) is 0.254. The van der Waals surface area contributed by atoms with E-state index in [9.17, 15) is 0 Å². The number of hydrogen-bond acceptors (Lipinski definition) is 3. The number of nitrogens with zero attached hydrogens (tertiary/aromatic N) is 1. The van der Waals surface area contributed by atoms with Crippen molar-refractivity contribution in [2.24, 2.45) is 0 Å². The van der Waals surface area contributed by atoms with Gasteiger partial charge in [0.2, 0.25) is 0 Å². The van der Waals surface area contributed by atoms with Gasteiger partial charge in [0.15, 0.2) is 8.69 Å². The summed E-state index contributed by atoms with van der Waals surface area (Å²) in [6.07, 6.45) is 0. The second-order valence-corrected chi connectivity index (χ2v) is 0.554. The van der Waals surface area contributed by atoms with Crippen LogP contribution in [0.1, 0.15) is 0 Å². The van der Waals surface area contributed by atoms with Gasteiger partial charge in [0.05, 0.1) is 0 Å². The second kappa shape index (κ2) is 15.7. The SMILES string of the molecule is O=[N+]([O-])O.O=[PH2]O.[Pb]. The van der Waals surface area contributed by atoms with E-state index in [2.05, 4.69) is 0 Å². The fraction of sp³-hybridized carbons (Fsp3) is 0. The first-order chi connectivity index (χ1) is 3.15. The summed E-state index contributed by atoms with van der Waals surface area (Å²) in [5.41, 5.74) is 0. The molecule has 0 heterocycles. The van der Waals surface area contributed by atoms with Crippen LogP contribution < -0.4 is 0 Å². The van der Waals surface area contributed by atoms with Gasteiger partial charge in [-0.15, -0.1) is 10.1 Å². The van der Waals surface area contributed by atoms with Gasteiger partial charge >= 0.3 is 0 Å². The van der Waals surface area contributed by atoms with E-state index >= 15 is 0 Å². The van der Waals surface area contributed by atoms with E-state index in [0.717, 1.165) is 0 Å². The van der Waals surface area contributed by atoms with Crippen molar-refractivity contribution in [3.8, 4) is 0 Å². The van der Waals surface area contributed by atoms with Gasteiger partial charge in [-0.3, -0.25) is 4.57 Å². The van der Waals surface area contributed by atoms with E-state index < -0.39 is 13.8 Å². The van der Waals surface area contributed by atoms with E-state index in [1.165, 1.54) is 0 Å². The summed E-state index contributed by atoms with van der Waals surface area (Å²) in [6, 6.07) is 0. The monoisotopic (exact) mass is 337 g/mol. The molecule has 0 aromatic heterocycles. The van der Waals surface area contributed by atoms with Crippen LogP contribution in [-0.4, -0.2) is 42.5 Å². The van der Waals surface area contributed by atoms with Crippen molar-refractivity contribution in [3.05, 3.63) is 10.1 Å². The predicted octanol–water partition coefficient (Wildman–Crippen LogP) is -1.08. The molecule has 0 fully saturated rings. The third-order valence-electron chi connectivity index (χ3n) is 0. The van der Waals surface area contributed by atoms with Gasteiger partial charge in [0.1, 0.15) is 0 Å². The molecule has 0 spiro atoms. The summed E-state index contributed by atoms with van der Waals surface area (Å²) in [4.78, 5) is 15.5. The summed E-state index contributed by atoms with van der Waals surface area (Å²) in [6.45, 7) is 0. The maximum atomic E-state index is 8.57. The molecule has 2 N–H and O–H groups in total. The number of rotatable bonds is 0. The van der Waals surface area contributed by atoms with Crippen LogP contribution in [0, 0.1) is 10.1 Å². The minimum atomic E-state index is -1.50. The maximum Gasteiger partial charge on any atom is 0.291 e. The molecule has 4 radical (unpaired) electrons. The standard InChI is InChI=1S/HNO3.H3O2P.Pb/c2-1(3)4;1-3-2;/h(H,2,3,4);3H2,(H,1,2);. The van der Waals surface area contributed by atoms with Crippen molar-refractivity contribution in [2.75, 3.05) is 0 Å². The Morgan fingerprint density at radius 2 is 1.62 bits per heavy atom. The fourth-order valence-corrected chi connectivity index (χ4v) is 0. The average molecular weight is 336 g/mol. The Kier molecular flexibility index (Phi) is 30.8. The molecule has 0 aliphatic carbocycles. The Morgan fingerprint density at radius 3 is 1.62 bits per heavy atom. The zero-order valence-corrected chi connectivity index (χ0v) is 8.69. The van der Waals surface area contributed by atoms with Crippen LogP contribution in [0.4, 0.5) is 0 Å². The summed E-state index contributed by atoms with van der Waals surface area (Å²) < 4.78 is 8.57. The van der Waals surface area contributed by atoms with E-state index in [4.69, 9.17) is 24.8 Å². The van der Waals surface area contributed by atoms with Crippen LogP contribution >= 0.6 is 8.69 Å². The molecule has 0 bridgehead atoms. The van der Waals surface area contributed by atoms with Gasteiger partial charge in [0, 0.05) is 27.3 Å². The van der Waals surface area contributed by atoms with Crippen LogP contribution in [0.15, 0.2) is 0 Å². The number of hydrogen-bond donors (Lipinski definition) is 2. The summed E-state index contributed by atoms with van der Waals surface area (Å²) in [7, 11) is -1.50. The third-order valence-corrected chi connectivity index (χ3v) is 0. The van der Waals surface area contributed by atoms with Crippen LogP contribution in [0.3, 0.4) is 0 Å². The molecule has 0 saturated heterocycles. The van der Waals surface area contributed by atoms with Gasteiger partial charge in [0.25, 0.3) is 5.09 Å². The third kappa shape index (κ3) is 1830. The predicted molar refractivity (Wildman–Crippen MR) is 27.2 cm³/mol. The van der Waals surface area contributed by atoms with Crippen LogP contribution in [-0.2, 0) is 4.57 Å². The molecule has 8 heteroatoms. The van der Waals surface area contributed by atoms with E-state index in [1.54, 1.807) is 0 Å². The molecule has 0 amide bonds. The molecule has 0 aliphatic rings.